The van der Waals surface area contributed by atoms with Crippen LogP contribution in [-0.2, 0) is 22.4 Å². The number of rotatable bonds is 7. The van der Waals surface area contributed by atoms with Gasteiger partial charge in [0.1, 0.15) is 5.75 Å². The molecule has 1 aliphatic heterocycles. The highest BCUT2D eigenvalue weighted by atomic mass is 35.5. The lowest BCUT2D eigenvalue weighted by molar-refractivity contribution is -0.134. The lowest BCUT2D eigenvalue weighted by Crippen LogP contribution is -2.39. The van der Waals surface area contributed by atoms with Crippen LogP contribution in [0, 0.1) is 0 Å². The van der Waals surface area contributed by atoms with Gasteiger partial charge < -0.3 is 14.5 Å². The molecule has 6 heteroatoms. The molecule has 0 aromatic heterocycles. The first-order chi connectivity index (χ1) is 14.6. The Balaban J connectivity index is 1.46. The second-order valence-corrected chi connectivity index (χ2v) is 7.93. The van der Waals surface area contributed by atoms with Crippen LogP contribution in [0.25, 0.3) is 0 Å². The van der Waals surface area contributed by atoms with Crippen LogP contribution in [0.1, 0.15) is 30.9 Å². The zero-order valence-corrected chi connectivity index (χ0v) is 18.2. The number of ether oxygens (including phenoxy) is 1. The second kappa shape index (κ2) is 11.0. The fourth-order valence-corrected chi connectivity index (χ4v) is 3.77. The van der Waals surface area contributed by atoms with Gasteiger partial charge in [-0.1, -0.05) is 48.9 Å². The number of halogens is 1. The Bertz CT molecular complexity index is 854. The van der Waals surface area contributed by atoms with E-state index in [0.717, 1.165) is 29.7 Å². The second-order valence-electron chi connectivity index (χ2n) is 7.49. The lowest BCUT2D eigenvalue weighted by Gasteiger charge is -2.22. The van der Waals surface area contributed by atoms with Crippen LogP contribution in [0.5, 0.6) is 5.75 Å². The van der Waals surface area contributed by atoms with Crippen LogP contribution >= 0.6 is 11.6 Å². The average Bonchev–Trinajstić information content (AvgIpc) is 3.03. The largest absolute Gasteiger partial charge is 0.483 e. The Morgan fingerprint density at radius 2 is 1.60 bits per heavy atom. The normalized spacial score (nSPS) is 14.3. The highest BCUT2D eigenvalue weighted by Gasteiger charge is 2.22. The van der Waals surface area contributed by atoms with Crippen LogP contribution in [-0.4, -0.2) is 54.4 Å². The van der Waals surface area contributed by atoms with Gasteiger partial charge in [-0.3, -0.25) is 9.59 Å². The fourth-order valence-electron chi connectivity index (χ4n) is 3.64. The molecular weight excluding hydrogens is 400 g/mol. The summed E-state index contributed by atoms with van der Waals surface area (Å²) in [6, 6.07) is 15.4. The maximum Gasteiger partial charge on any atom is 0.260 e. The van der Waals surface area contributed by atoms with E-state index in [2.05, 4.69) is 6.92 Å². The fraction of sp³-hybridized carbons (Fsp3) is 0.417. The minimum atomic E-state index is -0.0311. The van der Waals surface area contributed by atoms with Gasteiger partial charge in [0.05, 0.1) is 0 Å². The van der Waals surface area contributed by atoms with Crippen LogP contribution < -0.4 is 4.74 Å². The highest BCUT2D eigenvalue weighted by Crippen LogP contribution is 2.18. The molecular formula is C24H29ClN2O3. The summed E-state index contributed by atoms with van der Waals surface area (Å²) in [5.41, 5.74) is 2.20. The van der Waals surface area contributed by atoms with Gasteiger partial charge in [-0.05, 0) is 48.6 Å². The summed E-state index contributed by atoms with van der Waals surface area (Å²) in [5.74, 6) is 0.867. The van der Waals surface area contributed by atoms with Crippen molar-refractivity contribution in [3.63, 3.8) is 0 Å². The van der Waals surface area contributed by atoms with Crippen molar-refractivity contribution in [3.8, 4) is 5.75 Å². The molecule has 0 N–H and O–H groups in total. The number of aryl methyl sites for hydroxylation is 2. The van der Waals surface area contributed by atoms with E-state index in [-0.39, 0.29) is 18.4 Å². The third-order valence-corrected chi connectivity index (χ3v) is 5.70. The lowest BCUT2D eigenvalue weighted by atomic mass is 10.1. The smallest absolute Gasteiger partial charge is 0.260 e. The quantitative estimate of drug-likeness (QED) is 0.670. The van der Waals surface area contributed by atoms with Crippen LogP contribution in [0.2, 0.25) is 5.02 Å². The van der Waals surface area contributed by atoms with Gasteiger partial charge in [-0.25, -0.2) is 0 Å². The number of carbonyl (C=O) groups excluding carboxylic acids is 2. The molecule has 0 aliphatic carbocycles. The summed E-state index contributed by atoms with van der Waals surface area (Å²) in [5, 5.41) is 0.699. The number of hydrogen-bond donors (Lipinski definition) is 0. The van der Waals surface area contributed by atoms with Crippen molar-refractivity contribution in [3.05, 3.63) is 64.7 Å². The van der Waals surface area contributed by atoms with Gasteiger partial charge in [0.2, 0.25) is 5.91 Å². The Labute approximate surface area is 183 Å². The molecule has 1 aliphatic rings. The molecule has 0 radical (unpaired) electrons. The zero-order valence-electron chi connectivity index (χ0n) is 17.5. The summed E-state index contributed by atoms with van der Waals surface area (Å²) in [4.78, 5) is 28.9. The van der Waals surface area contributed by atoms with Gasteiger partial charge in [0.15, 0.2) is 6.61 Å². The Kier molecular flexibility index (Phi) is 8.14. The van der Waals surface area contributed by atoms with Gasteiger partial charge in [0.25, 0.3) is 5.91 Å². The summed E-state index contributed by atoms with van der Waals surface area (Å²) in [6.07, 6.45) is 2.80. The molecule has 3 rings (SSSR count). The summed E-state index contributed by atoms with van der Waals surface area (Å²) in [7, 11) is 0. The van der Waals surface area contributed by atoms with Crippen molar-refractivity contribution in [2.45, 2.75) is 32.6 Å². The van der Waals surface area contributed by atoms with Crippen molar-refractivity contribution in [1.82, 2.24) is 9.80 Å². The Morgan fingerprint density at radius 1 is 0.933 bits per heavy atom. The molecule has 1 fully saturated rings. The molecule has 2 amide bonds. The standard InChI is InChI=1S/C24H29ClN2O3/c1-2-20-6-3-4-7-22(20)30-18-24(29)27-15-5-14-26(16-17-27)23(28)13-10-19-8-11-21(25)12-9-19/h3-4,6-9,11-12H,2,5,10,13-18H2,1H3. The van der Waals surface area contributed by atoms with E-state index in [4.69, 9.17) is 16.3 Å². The first-order valence-electron chi connectivity index (χ1n) is 10.6. The minimum absolute atomic E-state index is 0.0293. The Hall–Kier alpha value is -2.53. The number of amides is 2. The van der Waals surface area contributed by atoms with Crippen LogP contribution in [0.3, 0.4) is 0 Å². The van der Waals surface area contributed by atoms with E-state index in [9.17, 15) is 9.59 Å². The summed E-state index contributed by atoms with van der Waals surface area (Å²) >= 11 is 5.91. The topological polar surface area (TPSA) is 49.9 Å². The molecule has 0 atom stereocenters. The maximum absolute atomic E-state index is 12.6. The third kappa shape index (κ3) is 6.23. The Morgan fingerprint density at radius 3 is 2.30 bits per heavy atom. The van der Waals surface area contributed by atoms with Crippen LogP contribution in [0.15, 0.2) is 48.5 Å². The first kappa shape index (κ1) is 22.2. The average molecular weight is 429 g/mol. The predicted octanol–water partition coefficient (Wildman–Crippen LogP) is 3.97. The monoisotopic (exact) mass is 428 g/mol. The molecule has 5 nitrogen and oxygen atoms in total. The molecule has 2 aromatic carbocycles. The highest BCUT2D eigenvalue weighted by molar-refractivity contribution is 6.30. The minimum Gasteiger partial charge on any atom is -0.483 e. The molecule has 1 heterocycles. The van der Waals surface area contributed by atoms with Gasteiger partial charge in [0, 0.05) is 37.6 Å². The number of benzene rings is 2. The molecule has 160 valence electrons. The van der Waals surface area contributed by atoms with E-state index in [1.54, 1.807) is 4.90 Å². The van der Waals surface area contributed by atoms with Gasteiger partial charge in [-0.2, -0.15) is 0 Å². The number of nitrogens with zero attached hydrogens (tertiary/aromatic N) is 2. The van der Waals surface area contributed by atoms with Crippen molar-refractivity contribution < 1.29 is 14.3 Å². The molecule has 0 bridgehead atoms. The molecule has 2 aromatic rings. The predicted molar refractivity (Wildman–Crippen MR) is 119 cm³/mol. The third-order valence-electron chi connectivity index (χ3n) is 5.45. The molecule has 0 spiro atoms. The van der Waals surface area contributed by atoms with Crippen molar-refractivity contribution in [2.75, 3.05) is 32.8 Å². The van der Waals surface area contributed by atoms with Gasteiger partial charge in [-0.15, -0.1) is 0 Å². The number of para-hydroxylation sites is 1. The molecule has 0 saturated carbocycles. The van der Waals surface area contributed by atoms with E-state index in [0.29, 0.717) is 44.0 Å². The number of hydrogen-bond acceptors (Lipinski definition) is 3. The van der Waals surface area contributed by atoms with E-state index in [1.165, 1.54) is 0 Å². The van der Waals surface area contributed by atoms with Crippen molar-refractivity contribution >= 4 is 23.4 Å². The van der Waals surface area contributed by atoms with E-state index >= 15 is 0 Å². The van der Waals surface area contributed by atoms with Gasteiger partial charge >= 0.3 is 0 Å². The van der Waals surface area contributed by atoms with Crippen molar-refractivity contribution in [1.29, 1.82) is 0 Å². The molecule has 0 unspecified atom stereocenters. The summed E-state index contributed by atoms with van der Waals surface area (Å²) in [6.45, 7) is 4.54. The SMILES string of the molecule is CCc1ccccc1OCC(=O)N1CCCN(C(=O)CCc2ccc(Cl)cc2)CC1. The maximum atomic E-state index is 12.6. The number of carbonyl (C=O) groups is 2. The van der Waals surface area contributed by atoms with Crippen LogP contribution in [0.4, 0.5) is 0 Å². The molecule has 30 heavy (non-hydrogen) atoms. The summed E-state index contributed by atoms with van der Waals surface area (Å²) < 4.78 is 5.77. The first-order valence-corrected chi connectivity index (χ1v) is 11.0. The van der Waals surface area contributed by atoms with E-state index < -0.39 is 0 Å². The van der Waals surface area contributed by atoms with E-state index in [1.807, 2.05) is 53.4 Å². The molecule has 1 saturated heterocycles. The zero-order chi connectivity index (χ0) is 21.3. The van der Waals surface area contributed by atoms with Crippen molar-refractivity contribution in [2.24, 2.45) is 0 Å².